The van der Waals surface area contributed by atoms with E-state index in [0.717, 1.165) is 18.8 Å². The van der Waals surface area contributed by atoms with Gasteiger partial charge in [-0.15, -0.1) is 0 Å². The molecule has 0 aliphatic carbocycles. The first kappa shape index (κ1) is 14.5. The Morgan fingerprint density at radius 1 is 1.20 bits per heavy atom. The van der Waals surface area contributed by atoms with Gasteiger partial charge in [0.05, 0.1) is 5.92 Å². The van der Waals surface area contributed by atoms with Gasteiger partial charge in [-0.3, -0.25) is 9.59 Å². The molecule has 1 saturated heterocycles. The Labute approximate surface area is 119 Å². The van der Waals surface area contributed by atoms with E-state index in [1.165, 1.54) is 4.90 Å². The molecule has 0 aromatic heterocycles. The topological polar surface area (TPSA) is 61.4 Å². The standard InChI is InChI=1S/C15H21N3O2/c1-10-8-16-9-13(10)14(19)17-12-6-4-11(5-7-12)15(20)18(2)3/h4-7,10,13,16H,8-9H2,1-3H3,(H,17,19)/t10-,13-/m1/s1. The van der Waals surface area contributed by atoms with Gasteiger partial charge in [0.25, 0.3) is 5.91 Å². The highest BCUT2D eigenvalue weighted by Gasteiger charge is 2.29. The summed E-state index contributed by atoms with van der Waals surface area (Å²) in [5, 5.41) is 6.12. The van der Waals surface area contributed by atoms with Crippen LogP contribution in [-0.4, -0.2) is 43.9 Å². The Morgan fingerprint density at radius 2 is 1.85 bits per heavy atom. The highest BCUT2D eigenvalue weighted by atomic mass is 16.2. The molecule has 0 bridgehead atoms. The number of hydrogen-bond donors (Lipinski definition) is 2. The highest BCUT2D eigenvalue weighted by Crippen LogP contribution is 2.19. The first-order valence-corrected chi connectivity index (χ1v) is 6.82. The van der Waals surface area contributed by atoms with E-state index in [9.17, 15) is 9.59 Å². The van der Waals surface area contributed by atoms with Crippen molar-refractivity contribution in [3.05, 3.63) is 29.8 Å². The van der Waals surface area contributed by atoms with Gasteiger partial charge in [-0.1, -0.05) is 6.92 Å². The van der Waals surface area contributed by atoms with Crippen LogP contribution < -0.4 is 10.6 Å². The van der Waals surface area contributed by atoms with E-state index in [0.29, 0.717) is 11.5 Å². The molecule has 20 heavy (non-hydrogen) atoms. The summed E-state index contributed by atoms with van der Waals surface area (Å²) in [6.45, 7) is 3.68. The van der Waals surface area contributed by atoms with Crippen LogP contribution >= 0.6 is 0 Å². The monoisotopic (exact) mass is 275 g/mol. The van der Waals surface area contributed by atoms with E-state index in [1.807, 2.05) is 0 Å². The molecule has 5 nitrogen and oxygen atoms in total. The van der Waals surface area contributed by atoms with Crippen molar-refractivity contribution in [3.8, 4) is 0 Å². The molecule has 2 N–H and O–H groups in total. The minimum absolute atomic E-state index is 0.0121. The summed E-state index contributed by atoms with van der Waals surface area (Å²) in [5.74, 6) is 0.355. The fourth-order valence-electron chi connectivity index (χ4n) is 2.35. The summed E-state index contributed by atoms with van der Waals surface area (Å²) >= 11 is 0. The third kappa shape index (κ3) is 3.17. The second kappa shape index (κ2) is 6.05. The second-order valence-electron chi connectivity index (χ2n) is 5.51. The zero-order valence-electron chi connectivity index (χ0n) is 12.1. The van der Waals surface area contributed by atoms with Crippen LogP contribution in [-0.2, 0) is 4.79 Å². The van der Waals surface area contributed by atoms with Gasteiger partial charge >= 0.3 is 0 Å². The number of rotatable bonds is 3. The third-order valence-electron chi connectivity index (χ3n) is 3.66. The van der Waals surface area contributed by atoms with Crippen molar-refractivity contribution in [2.24, 2.45) is 11.8 Å². The van der Waals surface area contributed by atoms with E-state index in [2.05, 4.69) is 17.6 Å². The summed E-state index contributed by atoms with van der Waals surface area (Å²) in [5.41, 5.74) is 1.34. The second-order valence-corrected chi connectivity index (χ2v) is 5.51. The van der Waals surface area contributed by atoms with Crippen LogP contribution in [0.3, 0.4) is 0 Å². The Bertz CT molecular complexity index is 496. The van der Waals surface area contributed by atoms with Crippen molar-refractivity contribution < 1.29 is 9.59 Å². The predicted octanol–water partition coefficient (Wildman–Crippen LogP) is 1.18. The molecule has 1 aromatic rings. The van der Waals surface area contributed by atoms with Crippen LogP contribution in [0.4, 0.5) is 5.69 Å². The summed E-state index contributed by atoms with van der Waals surface area (Å²) in [6, 6.07) is 6.99. The molecule has 1 aromatic carbocycles. The van der Waals surface area contributed by atoms with Gasteiger partial charge in [-0.2, -0.15) is 0 Å². The molecular weight excluding hydrogens is 254 g/mol. The van der Waals surface area contributed by atoms with E-state index >= 15 is 0 Å². The van der Waals surface area contributed by atoms with Crippen LogP contribution in [0.2, 0.25) is 0 Å². The molecule has 108 valence electrons. The molecule has 1 aliphatic rings. The molecule has 1 fully saturated rings. The summed E-state index contributed by atoms with van der Waals surface area (Å²) in [6.07, 6.45) is 0. The van der Waals surface area contributed by atoms with E-state index < -0.39 is 0 Å². The average molecular weight is 275 g/mol. The van der Waals surface area contributed by atoms with Crippen LogP contribution in [0.25, 0.3) is 0 Å². The van der Waals surface area contributed by atoms with E-state index in [1.54, 1.807) is 38.4 Å². The molecule has 2 rings (SSSR count). The maximum atomic E-state index is 12.1. The number of nitrogens with one attached hydrogen (secondary N) is 2. The zero-order valence-corrected chi connectivity index (χ0v) is 12.1. The molecule has 1 aliphatic heterocycles. The number of nitrogens with zero attached hydrogens (tertiary/aromatic N) is 1. The Kier molecular flexibility index (Phi) is 4.39. The van der Waals surface area contributed by atoms with Gasteiger partial charge in [0.15, 0.2) is 0 Å². The van der Waals surface area contributed by atoms with Gasteiger partial charge in [0, 0.05) is 31.9 Å². The maximum Gasteiger partial charge on any atom is 0.253 e. The minimum atomic E-state index is -0.0449. The van der Waals surface area contributed by atoms with Crippen LogP contribution in [0.1, 0.15) is 17.3 Å². The van der Waals surface area contributed by atoms with Gasteiger partial charge in [0.2, 0.25) is 5.91 Å². The number of hydrogen-bond acceptors (Lipinski definition) is 3. The molecule has 1 heterocycles. The number of carbonyl (C=O) groups excluding carboxylic acids is 2. The average Bonchev–Trinajstić information content (AvgIpc) is 2.85. The third-order valence-corrected chi connectivity index (χ3v) is 3.66. The van der Waals surface area contributed by atoms with Crippen LogP contribution in [0, 0.1) is 11.8 Å². The Balaban J connectivity index is 2.00. The van der Waals surface area contributed by atoms with Crippen molar-refractivity contribution in [3.63, 3.8) is 0 Å². The van der Waals surface area contributed by atoms with Crippen LogP contribution in [0.5, 0.6) is 0 Å². The fourth-order valence-corrected chi connectivity index (χ4v) is 2.35. The van der Waals surface area contributed by atoms with Gasteiger partial charge in [-0.25, -0.2) is 0 Å². The molecule has 0 radical (unpaired) electrons. The smallest absolute Gasteiger partial charge is 0.253 e. The lowest BCUT2D eigenvalue weighted by Crippen LogP contribution is -2.27. The quantitative estimate of drug-likeness (QED) is 0.871. The first-order chi connectivity index (χ1) is 9.49. The lowest BCUT2D eigenvalue weighted by Gasteiger charge is -2.15. The largest absolute Gasteiger partial charge is 0.345 e. The Hall–Kier alpha value is -1.88. The van der Waals surface area contributed by atoms with Crippen molar-refractivity contribution in [2.75, 3.05) is 32.5 Å². The number of amides is 2. The molecule has 5 heteroatoms. The SMILES string of the molecule is C[C@@H]1CNC[C@H]1C(=O)Nc1ccc(C(=O)N(C)C)cc1. The first-order valence-electron chi connectivity index (χ1n) is 6.82. The number of carbonyl (C=O) groups is 2. The fraction of sp³-hybridized carbons (Fsp3) is 0.467. The molecular formula is C15H21N3O2. The highest BCUT2D eigenvalue weighted by molar-refractivity contribution is 5.96. The zero-order chi connectivity index (χ0) is 14.7. The molecule has 0 unspecified atom stereocenters. The minimum Gasteiger partial charge on any atom is -0.345 e. The Morgan fingerprint density at radius 3 is 2.35 bits per heavy atom. The van der Waals surface area contributed by atoms with Crippen molar-refractivity contribution in [1.82, 2.24) is 10.2 Å². The van der Waals surface area contributed by atoms with Crippen LogP contribution in [0.15, 0.2) is 24.3 Å². The number of benzene rings is 1. The molecule has 0 saturated carbocycles. The van der Waals surface area contributed by atoms with Crippen molar-refractivity contribution in [1.29, 1.82) is 0 Å². The molecule has 2 atom stereocenters. The van der Waals surface area contributed by atoms with E-state index in [4.69, 9.17) is 0 Å². The summed E-state index contributed by atoms with van der Waals surface area (Å²) < 4.78 is 0. The molecule has 0 spiro atoms. The van der Waals surface area contributed by atoms with Crippen molar-refractivity contribution >= 4 is 17.5 Å². The molecule has 2 amide bonds. The van der Waals surface area contributed by atoms with E-state index in [-0.39, 0.29) is 17.7 Å². The predicted molar refractivity (Wildman–Crippen MR) is 78.6 cm³/mol. The lowest BCUT2D eigenvalue weighted by atomic mass is 9.97. The lowest BCUT2D eigenvalue weighted by molar-refractivity contribution is -0.120. The van der Waals surface area contributed by atoms with Gasteiger partial charge in [-0.05, 0) is 36.7 Å². The van der Waals surface area contributed by atoms with Gasteiger partial charge in [0.1, 0.15) is 0 Å². The number of anilines is 1. The normalized spacial score (nSPS) is 21.6. The summed E-state index contributed by atoms with van der Waals surface area (Å²) in [7, 11) is 3.43. The van der Waals surface area contributed by atoms with Gasteiger partial charge < -0.3 is 15.5 Å². The maximum absolute atomic E-state index is 12.1. The summed E-state index contributed by atoms with van der Waals surface area (Å²) in [4.78, 5) is 25.4. The van der Waals surface area contributed by atoms with Crippen molar-refractivity contribution in [2.45, 2.75) is 6.92 Å².